The van der Waals surface area contributed by atoms with Gasteiger partial charge in [-0.25, -0.2) is 13.1 Å². The molecule has 0 aliphatic rings. The first-order valence-corrected chi connectivity index (χ1v) is 8.33. The summed E-state index contributed by atoms with van der Waals surface area (Å²) >= 11 is 0. The molecular weight excluding hydrogens is 290 g/mol. The van der Waals surface area contributed by atoms with Crippen LogP contribution in [0.25, 0.3) is 0 Å². The number of amidine groups is 1. The third-order valence-electron chi connectivity index (χ3n) is 3.37. The number of nitrogens with zero attached hydrogens (tertiary/aromatic N) is 1. The van der Waals surface area contributed by atoms with Crippen molar-refractivity contribution < 1.29 is 13.6 Å². The van der Waals surface area contributed by atoms with E-state index in [1.807, 2.05) is 37.3 Å². The van der Waals surface area contributed by atoms with Gasteiger partial charge in [-0.2, -0.15) is 0 Å². The molecule has 118 valence electrons. The van der Waals surface area contributed by atoms with Crippen LogP contribution in [-0.2, 0) is 10.0 Å². The van der Waals surface area contributed by atoms with E-state index in [-0.39, 0.29) is 24.1 Å². The van der Waals surface area contributed by atoms with Crippen LogP contribution in [0.5, 0.6) is 0 Å². The van der Waals surface area contributed by atoms with E-state index in [1.165, 1.54) is 0 Å². The molecule has 0 radical (unpaired) electrons. The topological polar surface area (TPSA) is 105 Å². The van der Waals surface area contributed by atoms with Crippen LogP contribution in [0.3, 0.4) is 0 Å². The van der Waals surface area contributed by atoms with Gasteiger partial charge in [-0.1, -0.05) is 56.3 Å². The second-order valence-electron chi connectivity index (χ2n) is 5.78. The maximum absolute atomic E-state index is 12.1. The van der Waals surface area contributed by atoms with E-state index < -0.39 is 15.4 Å². The Hall–Kier alpha value is -1.60. The molecule has 0 fully saturated rings. The number of nitrogens with two attached hydrogens (primary N) is 1. The Bertz CT molecular complexity index is 583. The molecule has 1 aromatic rings. The maximum atomic E-state index is 12.1. The van der Waals surface area contributed by atoms with Gasteiger partial charge in [0.1, 0.15) is 5.84 Å². The highest BCUT2D eigenvalue weighted by Gasteiger charge is 2.26. The van der Waals surface area contributed by atoms with Gasteiger partial charge in [-0.3, -0.25) is 0 Å². The van der Waals surface area contributed by atoms with Crippen molar-refractivity contribution in [3.63, 3.8) is 0 Å². The summed E-state index contributed by atoms with van der Waals surface area (Å²) in [7, 11) is -3.45. The molecule has 21 heavy (non-hydrogen) atoms. The Morgan fingerprint density at radius 2 is 1.95 bits per heavy atom. The number of nitrogens with one attached hydrogen (secondary N) is 1. The number of oxime groups is 1. The zero-order chi connectivity index (χ0) is 16.1. The maximum Gasteiger partial charge on any atom is 0.212 e. The molecule has 1 atom stereocenters. The number of rotatable bonds is 7. The molecule has 7 heteroatoms. The Balaban J connectivity index is 2.67. The largest absolute Gasteiger partial charge is 0.409 e. The first-order chi connectivity index (χ1) is 9.68. The van der Waals surface area contributed by atoms with Crippen LogP contribution in [0.2, 0.25) is 0 Å². The molecule has 6 nitrogen and oxygen atoms in total. The van der Waals surface area contributed by atoms with E-state index in [0.717, 1.165) is 5.56 Å². The van der Waals surface area contributed by atoms with Crippen LogP contribution in [0.15, 0.2) is 35.5 Å². The molecule has 1 unspecified atom stereocenters. The third kappa shape index (κ3) is 5.35. The molecule has 0 spiro atoms. The van der Waals surface area contributed by atoms with E-state index in [2.05, 4.69) is 9.88 Å². The minimum atomic E-state index is -3.45. The van der Waals surface area contributed by atoms with Gasteiger partial charge >= 0.3 is 0 Å². The average molecular weight is 313 g/mol. The highest BCUT2D eigenvalue weighted by Crippen LogP contribution is 2.18. The van der Waals surface area contributed by atoms with Crippen molar-refractivity contribution in [2.75, 3.05) is 12.3 Å². The monoisotopic (exact) mass is 313 g/mol. The number of benzene rings is 1. The molecule has 0 aromatic heterocycles. The van der Waals surface area contributed by atoms with Crippen molar-refractivity contribution in [3.8, 4) is 0 Å². The van der Waals surface area contributed by atoms with Crippen LogP contribution in [-0.4, -0.2) is 31.8 Å². The summed E-state index contributed by atoms with van der Waals surface area (Å²) in [6.45, 7) is 5.34. The molecule has 0 bridgehead atoms. The number of sulfonamides is 1. The number of hydrogen-bond donors (Lipinski definition) is 3. The molecule has 1 aromatic carbocycles. The fraction of sp³-hybridized carbons (Fsp3) is 0.500. The van der Waals surface area contributed by atoms with Gasteiger partial charge < -0.3 is 10.9 Å². The fourth-order valence-corrected chi connectivity index (χ4v) is 3.33. The second-order valence-corrected chi connectivity index (χ2v) is 7.63. The number of hydrogen-bond acceptors (Lipinski definition) is 4. The third-order valence-corrected chi connectivity index (χ3v) is 4.90. The van der Waals surface area contributed by atoms with E-state index in [0.29, 0.717) is 0 Å². The second kappa shape index (κ2) is 6.91. The van der Waals surface area contributed by atoms with Crippen molar-refractivity contribution in [2.45, 2.75) is 26.7 Å². The summed E-state index contributed by atoms with van der Waals surface area (Å²) in [5, 5.41) is 11.6. The van der Waals surface area contributed by atoms with Crippen LogP contribution in [0.4, 0.5) is 0 Å². The Morgan fingerprint density at radius 3 is 2.48 bits per heavy atom. The molecule has 1 rings (SSSR count). The Morgan fingerprint density at radius 1 is 1.38 bits per heavy atom. The van der Waals surface area contributed by atoms with Gasteiger partial charge in [0.2, 0.25) is 10.0 Å². The molecule has 0 saturated heterocycles. The zero-order valence-corrected chi connectivity index (χ0v) is 13.4. The first kappa shape index (κ1) is 17.5. The van der Waals surface area contributed by atoms with Gasteiger partial charge in [0.05, 0.1) is 5.75 Å². The van der Waals surface area contributed by atoms with Crippen molar-refractivity contribution in [2.24, 2.45) is 16.3 Å². The smallest absolute Gasteiger partial charge is 0.212 e. The van der Waals surface area contributed by atoms with Gasteiger partial charge in [-0.05, 0) is 11.5 Å². The van der Waals surface area contributed by atoms with Crippen LogP contribution >= 0.6 is 0 Å². The zero-order valence-electron chi connectivity index (χ0n) is 12.6. The molecule has 0 saturated carbocycles. The van der Waals surface area contributed by atoms with Crippen LogP contribution < -0.4 is 10.5 Å². The summed E-state index contributed by atoms with van der Waals surface area (Å²) in [5.74, 6) is -0.138. The van der Waals surface area contributed by atoms with Crippen molar-refractivity contribution in [1.29, 1.82) is 0 Å². The lowest BCUT2D eigenvalue weighted by Gasteiger charge is -2.23. The van der Waals surface area contributed by atoms with Gasteiger partial charge in [0.25, 0.3) is 0 Å². The molecule has 0 heterocycles. The van der Waals surface area contributed by atoms with Gasteiger partial charge in [0, 0.05) is 12.0 Å². The summed E-state index contributed by atoms with van der Waals surface area (Å²) in [4.78, 5) is 0. The van der Waals surface area contributed by atoms with Gasteiger partial charge in [0.15, 0.2) is 0 Å². The van der Waals surface area contributed by atoms with Gasteiger partial charge in [-0.15, -0.1) is 0 Å². The van der Waals surface area contributed by atoms with E-state index in [1.54, 1.807) is 13.8 Å². The highest BCUT2D eigenvalue weighted by atomic mass is 32.2. The quantitative estimate of drug-likeness (QED) is 0.307. The van der Waals surface area contributed by atoms with E-state index >= 15 is 0 Å². The Kier molecular flexibility index (Phi) is 5.74. The first-order valence-electron chi connectivity index (χ1n) is 6.68. The van der Waals surface area contributed by atoms with Crippen molar-refractivity contribution in [1.82, 2.24) is 4.72 Å². The lowest BCUT2D eigenvalue weighted by Crippen LogP contribution is -2.43. The summed E-state index contributed by atoms with van der Waals surface area (Å²) < 4.78 is 26.8. The molecule has 0 amide bonds. The normalized spacial score (nSPS) is 14.9. The Labute approximate surface area is 126 Å². The lowest BCUT2D eigenvalue weighted by molar-refractivity contribution is 0.307. The van der Waals surface area contributed by atoms with E-state index in [4.69, 9.17) is 10.9 Å². The minimum Gasteiger partial charge on any atom is -0.409 e. The summed E-state index contributed by atoms with van der Waals surface area (Å²) in [6, 6.07) is 9.46. The predicted molar refractivity (Wildman–Crippen MR) is 83.8 cm³/mol. The molecule has 0 aliphatic heterocycles. The summed E-state index contributed by atoms with van der Waals surface area (Å²) in [5.41, 5.74) is 5.76. The van der Waals surface area contributed by atoms with Crippen molar-refractivity contribution >= 4 is 15.9 Å². The SMILES string of the molecule is CC(CS(=O)(=O)NCC(C)(C)/C(N)=N/O)c1ccccc1. The molecule has 0 aliphatic carbocycles. The molecular formula is C14H23N3O3S. The van der Waals surface area contributed by atoms with Crippen LogP contribution in [0.1, 0.15) is 32.3 Å². The predicted octanol–water partition coefficient (Wildman–Crippen LogP) is 1.48. The minimum absolute atomic E-state index is 0.0106. The fourth-order valence-electron chi connectivity index (χ4n) is 1.78. The highest BCUT2D eigenvalue weighted by molar-refractivity contribution is 7.89. The standard InChI is InChI=1S/C14H23N3O3S/c1-11(12-7-5-4-6-8-12)9-21(19,20)16-10-14(2,3)13(15)17-18/h4-8,11,16,18H,9-10H2,1-3H3,(H2,15,17). The van der Waals surface area contributed by atoms with E-state index in [9.17, 15) is 8.42 Å². The van der Waals surface area contributed by atoms with Crippen molar-refractivity contribution in [3.05, 3.63) is 35.9 Å². The average Bonchev–Trinajstić information content (AvgIpc) is 2.45. The molecule has 4 N–H and O–H groups in total. The summed E-state index contributed by atoms with van der Waals surface area (Å²) in [6.07, 6.45) is 0. The van der Waals surface area contributed by atoms with Crippen LogP contribution in [0, 0.1) is 5.41 Å². The lowest BCUT2D eigenvalue weighted by atomic mass is 9.93.